The van der Waals surface area contributed by atoms with E-state index in [9.17, 15) is 0 Å². The van der Waals surface area contributed by atoms with Gasteiger partial charge >= 0.3 is 0 Å². The number of benzene rings is 2. The van der Waals surface area contributed by atoms with Gasteiger partial charge in [0.2, 0.25) is 11.2 Å². The molecule has 3 aromatic rings. The first-order valence-corrected chi connectivity index (χ1v) is 10.6. The fraction of sp³-hybridized carbons (Fsp3) is 0.346. The lowest BCUT2D eigenvalue weighted by atomic mass is 9.98. The number of halogens is 1. The Balaban J connectivity index is 0.00000256. The SMILES string of the molecule is CC1CCN(c2cc(/C=C/c3ccc(N(C)C)cc3)[n+](C)c3ccccc23)CC1.[I-]. The first-order valence-electron chi connectivity index (χ1n) is 10.6. The third kappa shape index (κ3) is 4.80. The van der Waals surface area contributed by atoms with Crippen molar-refractivity contribution < 1.29 is 28.5 Å². The van der Waals surface area contributed by atoms with Gasteiger partial charge in [-0.05, 0) is 48.6 Å². The number of aromatic nitrogens is 1. The van der Waals surface area contributed by atoms with E-state index < -0.39 is 0 Å². The molecule has 4 rings (SSSR count). The van der Waals surface area contributed by atoms with Crippen molar-refractivity contribution in [2.75, 3.05) is 37.0 Å². The predicted octanol–water partition coefficient (Wildman–Crippen LogP) is 2.14. The number of fused-ring (bicyclic) bond motifs is 1. The average molecular weight is 513 g/mol. The maximum absolute atomic E-state index is 2.57. The van der Waals surface area contributed by atoms with E-state index in [2.05, 4.69) is 109 Å². The minimum absolute atomic E-state index is 0. The highest BCUT2D eigenvalue weighted by Crippen LogP contribution is 2.30. The Labute approximate surface area is 198 Å². The van der Waals surface area contributed by atoms with Gasteiger partial charge in [-0.3, -0.25) is 0 Å². The topological polar surface area (TPSA) is 10.4 Å². The molecule has 0 aliphatic carbocycles. The van der Waals surface area contributed by atoms with Gasteiger partial charge in [0.05, 0.1) is 11.1 Å². The summed E-state index contributed by atoms with van der Waals surface area (Å²) in [7, 11) is 6.31. The van der Waals surface area contributed by atoms with Crippen LogP contribution in [0.3, 0.4) is 0 Å². The van der Waals surface area contributed by atoms with Gasteiger partial charge in [-0.2, -0.15) is 4.57 Å². The van der Waals surface area contributed by atoms with Crippen molar-refractivity contribution in [2.45, 2.75) is 19.8 Å². The quantitative estimate of drug-likeness (QED) is 0.391. The standard InChI is InChI=1S/C26H32N3.HI/c1-20-15-17-29(18-16-20)26-19-23(28(4)25-8-6-5-7-24(25)26)14-11-21-9-12-22(13-10-21)27(2)3;/h5-14,19-20H,15-18H2,1-4H3;1H/q+1;/p-1. The summed E-state index contributed by atoms with van der Waals surface area (Å²) in [6.45, 7) is 4.66. The molecular weight excluding hydrogens is 481 g/mol. The van der Waals surface area contributed by atoms with E-state index in [0.29, 0.717) is 0 Å². The molecule has 1 fully saturated rings. The number of pyridine rings is 1. The molecule has 30 heavy (non-hydrogen) atoms. The summed E-state index contributed by atoms with van der Waals surface area (Å²) in [5.74, 6) is 0.835. The first kappa shape index (κ1) is 22.6. The van der Waals surface area contributed by atoms with Gasteiger partial charge in [0, 0.05) is 51.1 Å². The minimum atomic E-state index is 0. The maximum atomic E-state index is 2.57. The first-order chi connectivity index (χ1) is 14.0. The molecule has 2 aromatic carbocycles. The van der Waals surface area contributed by atoms with Crippen LogP contribution in [0, 0.1) is 5.92 Å². The molecule has 158 valence electrons. The molecule has 3 nitrogen and oxygen atoms in total. The van der Waals surface area contributed by atoms with Crippen LogP contribution in [0.25, 0.3) is 23.1 Å². The number of nitrogens with zero attached hydrogens (tertiary/aromatic N) is 3. The third-order valence-electron chi connectivity index (χ3n) is 6.19. The molecule has 1 aliphatic heterocycles. The van der Waals surface area contributed by atoms with Crippen molar-refractivity contribution in [2.24, 2.45) is 13.0 Å². The molecule has 2 heterocycles. The molecule has 1 saturated heterocycles. The monoisotopic (exact) mass is 513 g/mol. The summed E-state index contributed by atoms with van der Waals surface area (Å²) in [6.07, 6.45) is 7.01. The second-order valence-electron chi connectivity index (χ2n) is 8.52. The van der Waals surface area contributed by atoms with Crippen LogP contribution >= 0.6 is 0 Å². The molecule has 4 heteroatoms. The molecule has 1 aromatic heterocycles. The largest absolute Gasteiger partial charge is 1.00 e. The van der Waals surface area contributed by atoms with Crippen LogP contribution in [0.15, 0.2) is 54.6 Å². The van der Waals surface area contributed by atoms with E-state index in [1.807, 2.05) is 0 Å². The van der Waals surface area contributed by atoms with E-state index in [4.69, 9.17) is 0 Å². The Morgan fingerprint density at radius 2 is 1.63 bits per heavy atom. The zero-order valence-electron chi connectivity index (χ0n) is 18.5. The summed E-state index contributed by atoms with van der Waals surface area (Å²) in [5, 5.41) is 1.34. The number of rotatable bonds is 4. The molecule has 0 atom stereocenters. The zero-order chi connectivity index (χ0) is 20.4. The summed E-state index contributed by atoms with van der Waals surface area (Å²) in [5.41, 5.74) is 6.32. The second-order valence-corrected chi connectivity index (χ2v) is 8.52. The number of piperidine rings is 1. The van der Waals surface area contributed by atoms with Crippen LogP contribution in [0.5, 0.6) is 0 Å². The van der Waals surface area contributed by atoms with E-state index in [0.717, 1.165) is 19.0 Å². The molecular formula is C26H32IN3. The van der Waals surface area contributed by atoms with Gasteiger partial charge < -0.3 is 33.8 Å². The van der Waals surface area contributed by atoms with Crippen molar-refractivity contribution in [1.29, 1.82) is 0 Å². The highest BCUT2D eigenvalue weighted by Gasteiger charge is 2.22. The third-order valence-corrected chi connectivity index (χ3v) is 6.19. The summed E-state index contributed by atoms with van der Waals surface area (Å²) in [6, 6.07) is 19.8. The van der Waals surface area contributed by atoms with Crippen molar-refractivity contribution in [3.63, 3.8) is 0 Å². The Hall–Kier alpha value is -2.08. The summed E-state index contributed by atoms with van der Waals surface area (Å²) in [4.78, 5) is 4.70. The number of aryl methyl sites for hydroxylation is 1. The van der Waals surface area contributed by atoms with Gasteiger partial charge in [0.25, 0.3) is 0 Å². The lowest BCUT2D eigenvalue weighted by Gasteiger charge is -2.32. The molecule has 1 aliphatic rings. The lowest BCUT2D eigenvalue weighted by molar-refractivity contribution is -0.646. The van der Waals surface area contributed by atoms with Crippen LogP contribution in [0.1, 0.15) is 31.0 Å². The molecule has 0 unspecified atom stereocenters. The van der Waals surface area contributed by atoms with Crippen molar-refractivity contribution in [1.82, 2.24) is 0 Å². The Morgan fingerprint density at radius 3 is 2.30 bits per heavy atom. The maximum Gasteiger partial charge on any atom is 0.214 e. The van der Waals surface area contributed by atoms with E-state index >= 15 is 0 Å². The second kappa shape index (κ2) is 9.82. The number of anilines is 2. The predicted molar refractivity (Wildman–Crippen MR) is 125 cm³/mol. The van der Waals surface area contributed by atoms with Crippen LogP contribution in [-0.4, -0.2) is 27.2 Å². The smallest absolute Gasteiger partial charge is 0.214 e. The Bertz CT molecular complexity index is 1020. The number of hydrogen-bond acceptors (Lipinski definition) is 2. The zero-order valence-corrected chi connectivity index (χ0v) is 20.6. The van der Waals surface area contributed by atoms with Gasteiger partial charge in [0.1, 0.15) is 7.05 Å². The number of para-hydroxylation sites is 1. The summed E-state index contributed by atoms with van der Waals surface area (Å²) < 4.78 is 2.30. The number of hydrogen-bond donors (Lipinski definition) is 0. The fourth-order valence-electron chi connectivity index (χ4n) is 4.17. The highest BCUT2D eigenvalue weighted by atomic mass is 127. The Morgan fingerprint density at radius 1 is 0.967 bits per heavy atom. The molecule has 0 amide bonds. The molecule has 0 bridgehead atoms. The van der Waals surface area contributed by atoms with Gasteiger partial charge in [-0.1, -0.05) is 31.2 Å². The van der Waals surface area contributed by atoms with E-state index in [1.54, 1.807) is 0 Å². The van der Waals surface area contributed by atoms with Gasteiger partial charge in [0.15, 0.2) is 0 Å². The fourth-order valence-corrected chi connectivity index (χ4v) is 4.17. The van der Waals surface area contributed by atoms with E-state index in [-0.39, 0.29) is 24.0 Å². The van der Waals surface area contributed by atoms with Crippen LogP contribution in [0.4, 0.5) is 11.4 Å². The minimum Gasteiger partial charge on any atom is -1.00 e. The normalized spacial score (nSPS) is 14.9. The van der Waals surface area contributed by atoms with E-state index in [1.165, 1.54) is 46.4 Å². The Kier molecular flexibility index (Phi) is 7.40. The average Bonchev–Trinajstić information content (AvgIpc) is 2.74. The molecule has 0 saturated carbocycles. The molecule has 0 radical (unpaired) electrons. The molecule has 0 spiro atoms. The van der Waals surface area contributed by atoms with Gasteiger partial charge in [-0.15, -0.1) is 0 Å². The van der Waals surface area contributed by atoms with Crippen LogP contribution in [0.2, 0.25) is 0 Å². The van der Waals surface area contributed by atoms with Gasteiger partial charge in [-0.25, -0.2) is 0 Å². The summed E-state index contributed by atoms with van der Waals surface area (Å²) >= 11 is 0. The lowest BCUT2D eigenvalue weighted by Crippen LogP contribution is -3.00. The van der Waals surface area contributed by atoms with Crippen molar-refractivity contribution in [3.8, 4) is 0 Å². The molecule has 0 N–H and O–H groups in total. The van der Waals surface area contributed by atoms with Crippen molar-refractivity contribution >= 4 is 34.4 Å². The van der Waals surface area contributed by atoms with Crippen LogP contribution in [-0.2, 0) is 7.05 Å². The van der Waals surface area contributed by atoms with Crippen LogP contribution < -0.4 is 38.3 Å². The van der Waals surface area contributed by atoms with Crippen molar-refractivity contribution in [3.05, 3.63) is 65.9 Å². The highest BCUT2D eigenvalue weighted by molar-refractivity contribution is 5.91.